The van der Waals surface area contributed by atoms with Crippen LogP contribution >= 0.6 is 23.4 Å². The third-order valence-corrected chi connectivity index (χ3v) is 6.39. The fourth-order valence-electron chi connectivity index (χ4n) is 3.37. The van der Waals surface area contributed by atoms with E-state index in [-0.39, 0.29) is 17.4 Å². The molecule has 35 heavy (non-hydrogen) atoms. The number of aromatic hydroxyl groups is 1. The van der Waals surface area contributed by atoms with Gasteiger partial charge in [0, 0.05) is 16.3 Å². The van der Waals surface area contributed by atoms with E-state index in [0.29, 0.717) is 28.1 Å². The number of aryl methyl sites for hydroxylation is 1. The number of phenolic OH excluding ortho intramolecular Hbond substituents is 1. The van der Waals surface area contributed by atoms with Crippen LogP contribution < -0.4 is 5.43 Å². The lowest BCUT2D eigenvalue weighted by Crippen LogP contribution is -2.22. The fourth-order valence-corrected chi connectivity index (χ4v) is 4.24. The minimum Gasteiger partial charge on any atom is -0.508 e. The Balaban J connectivity index is 1.53. The number of amides is 1. The van der Waals surface area contributed by atoms with Crippen LogP contribution in [0.25, 0.3) is 17.1 Å². The van der Waals surface area contributed by atoms with Gasteiger partial charge in [-0.15, -0.1) is 10.2 Å². The number of phenols is 1. The molecule has 0 unspecified atom stereocenters. The monoisotopic (exact) mass is 505 g/mol. The molecule has 0 aliphatic heterocycles. The number of thioether (sulfide) groups is 1. The molecule has 2 N–H and O–H groups in total. The number of hydrazone groups is 1. The Morgan fingerprint density at radius 1 is 1.03 bits per heavy atom. The number of halogens is 1. The molecule has 7 nitrogen and oxygen atoms in total. The Kier molecular flexibility index (Phi) is 7.84. The summed E-state index contributed by atoms with van der Waals surface area (Å²) in [7, 11) is 0. The number of nitrogens with zero attached hydrogens (tertiary/aromatic N) is 4. The predicted molar refractivity (Wildman–Crippen MR) is 140 cm³/mol. The predicted octanol–water partition coefficient (Wildman–Crippen LogP) is 5.62. The molecular formula is C26H24ClN5O2S. The zero-order valence-corrected chi connectivity index (χ0v) is 20.8. The maximum absolute atomic E-state index is 12.6. The summed E-state index contributed by atoms with van der Waals surface area (Å²) in [6.45, 7) is 3.98. The summed E-state index contributed by atoms with van der Waals surface area (Å²) < 4.78 is 1.91. The van der Waals surface area contributed by atoms with Crippen molar-refractivity contribution in [1.29, 1.82) is 0 Å². The molecule has 0 bridgehead atoms. The van der Waals surface area contributed by atoms with Crippen molar-refractivity contribution in [2.24, 2.45) is 5.10 Å². The average Bonchev–Trinajstić information content (AvgIpc) is 3.29. The summed E-state index contributed by atoms with van der Waals surface area (Å²) in [5, 5.41) is 23.7. The molecule has 1 aromatic heterocycles. The van der Waals surface area contributed by atoms with Gasteiger partial charge in [0.05, 0.1) is 11.5 Å². The van der Waals surface area contributed by atoms with Gasteiger partial charge in [-0.2, -0.15) is 5.10 Å². The van der Waals surface area contributed by atoms with Gasteiger partial charge in [-0.25, -0.2) is 5.43 Å². The Hall–Kier alpha value is -3.62. The minimum absolute atomic E-state index is 0.107. The van der Waals surface area contributed by atoms with Gasteiger partial charge in [0.2, 0.25) is 0 Å². The molecule has 0 aliphatic carbocycles. The van der Waals surface area contributed by atoms with Crippen molar-refractivity contribution in [3.63, 3.8) is 0 Å². The molecule has 0 saturated heterocycles. The topological polar surface area (TPSA) is 92.4 Å². The third-order valence-electron chi connectivity index (χ3n) is 5.21. The van der Waals surface area contributed by atoms with Crippen LogP contribution in [0.4, 0.5) is 0 Å². The van der Waals surface area contributed by atoms with Crippen molar-refractivity contribution >= 4 is 35.0 Å². The number of aromatic nitrogens is 3. The van der Waals surface area contributed by atoms with E-state index in [1.54, 1.807) is 36.4 Å². The summed E-state index contributed by atoms with van der Waals surface area (Å²) in [4.78, 5) is 12.6. The normalized spacial score (nSPS) is 11.5. The van der Waals surface area contributed by atoms with Crippen molar-refractivity contribution in [2.45, 2.75) is 25.4 Å². The second kappa shape index (κ2) is 11.2. The maximum atomic E-state index is 12.6. The second-order valence-corrected chi connectivity index (χ2v) is 9.15. The fraction of sp³-hybridized carbons (Fsp3) is 0.154. The first-order chi connectivity index (χ1) is 16.9. The van der Waals surface area contributed by atoms with Gasteiger partial charge in [-0.1, -0.05) is 60.1 Å². The van der Waals surface area contributed by atoms with E-state index in [2.05, 4.69) is 20.7 Å². The molecule has 1 heterocycles. The lowest BCUT2D eigenvalue weighted by atomic mass is 10.1. The molecule has 178 valence electrons. The molecule has 0 spiro atoms. The molecule has 0 fully saturated rings. The van der Waals surface area contributed by atoms with Gasteiger partial charge >= 0.3 is 0 Å². The van der Waals surface area contributed by atoms with Crippen LogP contribution in [0, 0.1) is 6.92 Å². The van der Waals surface area contributed by atoms with Crippen LogP contribution in [-0.2, 0) is 4.79 Å². The highest BCUT2D eigenvalue weighted by atomic mass is 35.5. The highest BCUT2D eigenvalue weighted by Gasteiger charge is 2.17. The van der Waals surface area contributed by atoms with Crippen molar-refractivity contribution in [1.82, 2.24) is 20.2 Å². The number of carbonyl (C=O) groups excluding carboxylic acids is 1. The van der Waals surface area contributed by atoms with Crippen LogP contribution in [0.2, 0.25) is 5.02 Å². The summed E-state index contributed by atoms with van der Waals surface area (Å²) in [5.41, 5.74) is 7.08. The number of hydrogen-bond acceptors (Lipinski definition) is 6. The summed E-state index contributed by atoms with van der Waals surface area (Å²) in [6.07, 6.45) is 0.628. The molecule has 4 aromatic rings. The maximum Gasteiger partial charge on any atom is 0.250 e. The number of rotatable bonds is 8. The van der Waals surface area contributed by atoms with Gasteiger partial charge in [-0.3, -0.25) is 9.36 Å². The summed E-state index contributed by atoms with van der Waals surface area (Å²) >= 11 is 7.36. The van der Waals surface area contributed by atoms with Crippen molar-refractivity contribution < 1.29 is 9.90 Å². The molecule has 0 radical (unpaired) electrons. The first kappa shape index (κ1) is 24.5. The highest BCUT2D eigenvalue weighted by molar-refractivity contribution is 7.99. The van der Waals surface area contributed by atoms with E-state index in [0.717, 1.165) is 22.4 Å². The van der Waals surface area contributed by atoms with Crippen LogP contribution in [0.1, 0.15) is 24.5 Å². The zero-order chi connectivity index (χ0) is 24.8. The number of carbonyl (C=O) groups is 1. The zero-order valence-electron chi connectivity index (χ0n) is 19.3. The van der Waals surface area contributed by atoms with Gasteiger partial charge in [0.1, 0.15) is 5.75 Å². The van der Waals surface area contributed by atoms with E-state index >= 15 is 0 Å². The van der Waals surface area contributed by atoms with Gasteiger partial charge in [0.25, 0.3) is 5.91 Å². The van der Waals surface area contributed by atoms with Gasteiger partial charge in [0.15, 0.2) is 11.0 Å². The third kappa shape index (κ3) is 6.09. The van der Waals surface area contributed by atoms with Crippen LogP contribution in [0.3, 0.4) is 0 Å². The minimum atomic E-state index is -0.262. The first-order valence-corrected chi connectivity index (χ1v) is 12.4. The molecule has 0 aliphatic rings. The Bertz CT molecular complexity index is 1330. The highest BCUT2D eigenvalue weighted by Crippen LogP contribution is 2.28. The molecule has 3 aromatic carbocycles. The van der Waals surface area contributed by atoms with Crippen LogP contribution in [0.15, 0.2) is 83.1 Å². The first-order valence-electron chi connectivity index (χ1n) is 11.0. The standard InChI is InChI=1S/C26H24ClN5O2S/c1-3-23(18-8-14-22(33)15-9-18)28-29-24(34)16-35-26-31-30-25(19-6-4-17(2)5-7-19)32(26)21-12-10-20(27)11-13-21/h4-15,33H,3,16H2,1-2H3,(H,29,34)/b28-23-. The number of hydrogen-bond donors (Lipinski definition) is 2. The molecule has 0 saturated carbocycles. The van der Waals surface area contributed by atoms with E-state index < -0.39 is 0 Å². The van der Waals surface area contributed by atoms with E-state index in [4.69, 9.17) is 11.6 Å². The molecular weight excluding hydrogens is 482 g/mol. The van der Waals surface area contributed by atoms with Crippen LogP contribution in [-0.4, -0.2) is 37.2 Å². The smallest absolute Gasteiger partial charge is 0.250 e. The molecule has 9 heteroatoms. The van der Waals surface area contributed by atoms with Gasteiger partial charge < -0.3 is 5.11 Å². The Labute approximate surface area is 212 Å². The summed E-state index contributed by atoms with van der Waals surface area (Å²) in [6, 6.07) is 22.1. The Morgan fingerprint density at radius 3 is 2.37 bits per heavy atom. The van der Waals surface area contributed by atoms with Crippen LogP contribution in [0.5, 0.6) is 5.75 Å². The number of benzene rings is 3. The van der Waals surface area contributed by atoms with Crippen molar-refractivity contribution in [3.05, 3.63) is 88.9 Å². The van der Waals surface area contributed by atoms with E-state index in [9.17, 15) is 9.90 Å². The molecule has 0 atom stereocenters. The van der Waals surface area contributed by atoms with Gasteiger partial charge in [-0.05, 0) is 67.4 Å². The van der Waals surface area contributed by atoms with Crippen molar-refractivity contribution in [3.8, 4) is 22.8 Å². The number of nitrogens with one attached hydrogen (secondary N) is 1. The van der Waals surface area contributed by atoms with E-state index in [1.807, 2.05) is 54.8 Å². The average molecular weight is 506 g/mol. The summed E-state index contributed by atoms with van der Waals surface area (Å²) in [5.74, 6) is 0.700. The van der Waals surface area contributed by atoms with E-state index in [1.165, 1.54) is 11.8 Å². The van der Waals surface area contributed by atoms with Crippen molar-refractivity contribution in [2.75, 3.05) is 5.75 Å². The Morgan fingerprint density at radius 2 is 1.71 bits per heavy atom. The lowest BCUT2D eigenvalue weighted by molar-refractivity contribution is -0.118. The SMILES string of the molecule is CC/C(=N/NC(=O)CSc1nnc(-c2ccc(C)cc2)n1-c1ccc(Cl)cc1)c1ccc(O)cc1. The molecule has 1 amide bonds. The molecule has 4 rings (SSSR count). The lowest BCUT2D eigenvalue weighted by Gasteiger charge is -2.11. The quantitative estimate of drug-likeness (QED) is 0.184. The largest absolute Gasteiger partial charge is 0.508 e. The second-order valence-electron chi connectivity index (χ2n) is 7.77.